The maximum absolute atomic E-state index is 13.9. The lowest BCUT2D eigenvalue weighted by molar-refractivity contribution is -0.119. The van der Waals surface area contributed by atoms with Crippen molar-refractivity contribution in [2.24, 2.45) is 5.92 Å². The summed E-state index contributed by atoms with van der Waals surface area (Å²) in [5, 5.41) is 2.87. The van der Waals surface area contributed by atoms with E-state index in [2.05, 4.69) is 19.2 Å². The molecule has 1 N–H and O–H groups in total. The Labute approximate surface area is 172 Å². The lowest BCUT2D eigenvalue weighted by Gasteiger charge is -2.31. The fourth-order valence-corrected chi connectivity index (χ4v) is 5.31. The van der Waals surface area contributed by atoms with Crippen molar-refractivity contribution >= 4 is 21.6 Å². The molecule has 0 radical (unpaired) electrons. The number of carbonyl (C=O) groups is 1. The molecule has 0 unspecified atom stereocenters. The highest BCUT2D eigenvalue weighted by Gasteiger charge is 2.36. The first-order chi connectivity index (χ1) is 13.9. The summed E-state index contributed by atoms with van der Waals surface area (Å²) in [5.41, 5.74) is 1.24. The maximum Gasteiger partial charge on any atom is 0.265 e. The minimum Gasteiger partial charge on any atom is -0.354 e. The lowest BCUT2D eigenvalue weighted by atomic mass is 9.99. The van der Waals surface area contributed by atoms with Gasteiger partial charge < -0.3 is 5.32 Å². The first kappa shape index (κ1) is 21.3. The van der Waals surface area contributed by atoms with E-state index >= 15 is 0 Å². The average molecular weight is 419 g/mol. The molecule has 0 aromatic heterocycles. The number of unbranched alkanes of at least 4 members (excludes halogenated alkanes) is 1. The van der Waals surface area contributed by atoms with Crippen molar-refractivity contribution < 1.29 is 17.6 Å². The molecular formula is C22H27FN2O3S. The van der Waals surface area contributed by atoms with Gasteiger partial charge in [0.25, 0.3) is 10.0 Å². The fourth-order valence-electron chi connectivity index (χ4n) is 3.66. The Morgan fingerprint density at radius 3 is 2.62 bits per heavy atom. The molecule has 29 heavy (non-hydrogen) atoms. The topological polar surface area (TPSA) is 66.5 Å². The summed E-state index contributed by atoms with van der Waals surface area (Å²) in [6.07, 6.45) is 4.19. The van der Waals surface area contributed by atoms with Crippen molar-refractivity contribution in [3.63, 3.8) is 0 Å². The van der Waals surface area contributed by atoms with Crippen LogP contribution in [-0.4, -0.2) is 27.4 Å². The SMILES string of the molecule is CCCC[C@H](CC)CNC(=O)CN1c2ccc(F)cc2-c2ccccc2S1(=O)=O. The second kappa shape index (κ2) is 8.95. The van der Waals surface area contributed by atoms with Crippen LogP contribution in [0, 0.1) is 11.7 Å². The Hall–Kier alpha value is -2.41. The number of sulfonamides is 1. The molecule has 0 saturated carbocycles. The molecule has 2 aromatic carbocycles. The summed E-state index contributed by atoms with van der Waals surface area (Å²) in [6, 6.07) is 10.4. The number of benzene rings is 2. The van der Waals surface area contributed by atoms with E-state index in [0.29, 0.717) is 29.3 Å². The van der Waals surface area contributed by atoms with Crippen LogP contribution in [0.1, 0.15) is 39.5 Å². The third-order valence-electron chi connectivity index (χ3n) is 5.39. The van der Waals surface area contributed by atoms with Gasteiger partial charge in [0.05, 0.1) is 10.6 Å². The highest BCUT2D eigenvalue weighted by atomic mass is 32.2. The van der Waals surface area contributed by atoms with Gasteiger partial charge in [0.1, 0.15) is 12.4 Å². The summed E-state index contributed by atoms with van der Waals surface area (Å²) in [5.74, 6) is -0.443. The maximum atomic E-state index is 13.9. The first-order valence-corrected chi connectivity index (χ1v) is 11.5. The number of halogens is 1. The zero-order valence-corrected chi connectivity index (χ0v) is 17.6. The average Bonchev–Trinajstić information content (AvgIpc) is 2.71. The van der Waals surface area contributed by atoms with E-state index in [1.807, 2.05) is 0 Å². The number of hydrogen-bond donors (Lipinski definition) is 1. The number of amides is 1. The lowest BCUT2D eigenvalue weighted by Crippen LogP contribution is -2.43. The van der Waals surface area contributed by atoms with Crippen molar-refractivity contribution in [2.45, 2.75) is 44.4 Å². The molecule has 1 aliphatic heterocycles. The van der Waals surface area contributed by atoms with E-state index in [1.165, 1.54) is 24.3 Å². The molecule has 1 aliphatic rings. The monoisotopic (exact) mass is 418 g/mol. The molecule has 1 amide bonds. The molecule has 5 nitrogen and oxygen atoms in total. The number of nitrogens with one attached hydrogen (secondary N) is 1. The second-order valence-electron chi connectivity index (χ2n) is 7.39. The van der Waals surface area contributed by atoms with E-state index in [1.54, 1.807) is 18.2 Å². The molecule has 3 rings (SSSR count). The standard InChI is InChI=1S/C22H27FN2O3S/c1-3-5-8-16(4-2)14-24-22(26)15-25-20-12-11-17(23)13-19(20)18-9-6-7-10-21(18)29(25,27)28/h6-7,9-13,16H,3-5,8,14-15H2,1-2H3,(H,24,26)/t16-/m0/s1. The van der Waals surface area contributed by atoms with Gasteiger partial charge in [-0.1, -0.05) is 51.3 Å². The Morgan fingerprint density at radius 2 is 1.90 bits per heavy atom. The number of anilines is 1. The van der Waals surface area contributed by atoms with Crippen LogP contribution in [0.2, 0.25) is 0 Å². The van der Waals surface area contributed by atoms with E-state index in [0.717, 1.165) is 30.0 Å². The van der Waals surface area contributed by atoms with E-state index in [9.17, 15) is 17.6 Å². The Balaban J connectivity index is 1.85. The van der Waals surface area contributed by atoms with Crippen LogP contribution in [0.4, 0.5) is 10.1 Å². The summed E-state index contributed by atoms with van der Waals surface area (Å²) < 4.78 is 41.3. The normalized spacial score (nSPS) is 15.3. The number of carbonyl (C=O) groups excluding carboxylic acids is 1. The van der Waals surface area contributed by atoms with Crippen molar-refractivity contribution in [1.82, 2.24) is 5.32 Å². The summed E-state index contributed by atoms with van der Waals surface area (Å²) in [7, 11) is -3.91. The number of hydrogen-bond acceptors (Lipinski definition) is 3. The van der Waals surface area contributed by atoms with Crippen LogP contribution >= 0.6 is 0 Å². The molecule has 0 aliphatic carbocycles. The van der Waals surface area contributed by atoms with Gasteiger partial charge in [-0.3, -0.25) is 9.10 Å². The van der Waals surface area contributed by atoms with Crippen LogP contribution in [0.15, 0.2) is 47.4 Å². The number of nitrogens with zero attached hydrogens (tertiary/aromatic N) is 1. The molecule has 0 fully saturated rings. The summed E-state index contributed by atoms with van der Waals surface area (Å²) in [4.78, 5) is 12.7. The van der Waals surface area contributed by atoms with Crippen molar-refractivity contribution in [1.29, 1.82) is 0 Å². The smallest absolute Gasteiger partial charge is 0.265 e. The number of rotatable bonds is 8. The Morgan fingerprint density at radius 1 is 1.14 bits per heavy atom. The van der Waals surface area contributed by atoms with Crippen LogP contribution in [0.5, 0.6) is 0 Å². The van der Waals surface area contributed by atoms with Gasteiger partial charge in [0, 0.05) is 17.7 Å². The van der Waals surface area contributed by atoms with Crippen molar-refractivity contribution in [2.75, 3.05) is 17.4 Å². The highest BCUT2D eigenvalue weighted by Crippen LogP contribution is 2.42. The van der Waals surface area contributed by atoms with E-state index < -0.39 is 15.8 Å². The molecule has 2 aromatic rings. The van der Waals surface area contributed by atoms with Crippen LogP contribution in [0.25, 0.3) is 11.1 Å². The molecule has 0 spiro atoms. The zero-order valence-electron chi connectivity index (χ0n) is 16.8. The van der Waals surface area contributed by atoms with Crippen LogP contribution < -0.4 is 9.62 Å². The van der Waals surface area contributed by atoms with Gasteiger partial charge >= 0.3 is 0 Å². The predicted molar refractivity (Wildman–Crippen MR) is 113 cm³/mol. The molecule has 0 saturated heterocycles. The van der Waals surface area contributed by atoms with Crippen molar-refractivity contribution in [3.05, 3.63) is 48.3 Å². The van der Waals surface area contributed by atoms with Gasteiger partial charge in [-0.2, -0.15) is 0 Å². The number of fused-ring (bicyclic) bond motifs is 3. The molecule has 1 heterocycles. The zero-order chi connectivity index (χ0) is 21.0. The summed E-state index contributed by atoms with van der Waals surface area (Å²) >= 11 is 0. The minimum atomic E-state index is -3.91. The summed E-state index contributed by atoms with van der Waals surface area (Å²) in [6.45, 7) is 4.41. The third kappa shape index (κ3) is 4.45. The fraction of sp³-hybridized carbons (Fsp3) is 0.409. The van der Waals surface area contributed by atoms with E-state index in [-0.39, 0.29) is 17.3 Å². The predicted octanol–water partition coefficient (Wildman–Crippen LogP) is 4.33. The highest BCUT2D eigenvalue weighted by molar-refractivity contribution is 7.93. The Bertz CT molecular complexity index is 991. The molecule has 0 bridgehead atoms. The Kier molecular flexibility index (Phi) is 6.57. The first-order valence-electron chi connectivity index (χ1n) is 10.1. The minimum absolute atomic E-state index is 0.0836. The molecular weight excluding hydrogens is 391 g/mol. The van der Waals surface area contributed by atoms with Gasteiger partial charge in [-0.05, 0) is 36.6 Å². The second-order valence-corrected chi connectivity index (χ2v) is 9.22. The van der Waals surface area contributed by atoms with Crippen LogP contribution in [-0.2, 0) is 14.8 Å². The largest absolute Gasteiger partial charge is 0.354 e. The van der Waals surface area contributed by atoms with Crippen molar-refractivity contribution in [3.8, 4) is 11.1 Å². The van der Waals surface area contributed by atoms with Gasteiger partial charge in [-0.15, -0.1) is 0 Å². The molecule has 1 atom stereocenters. The van der Waals surface area contributed by atoms with Gasteiger partial charge in [0.2, 0.25) is 5.91 Å². The molecule has 156 valence electrons. The molecule has 7 heteroatoms. The van der Waals surface area contributed by atoms with Gasteiger partial charge in [-0.25, -0.2) is 12.8 Å². The van der Waals surface area contributed by atoms with E-state index in [4.69, 9.17) is 0 Å². The quantitative estimate of drug-likeness (QED) is 0.694. The third-order valence-corrected chi connectivity index (χ3v) is 7.21. The van der Waals surface area contributed by atoms with Crippen LogP contribution in [0.3, 0.4) is 0 Å². The van der Waals surface area contributed by atoms with Gasteiger partial charge in [0.15, 0.2) is 0 Å².